The molecule has 1 amide bonds. The lowest BCUT2D eigenvalue weighted by Gasteiger charge is -2.27. The molecular formula is C20H24N2O6S. The molecule has 0 aliphatic carbocycles. The van der Waals surface area contributed by atoms with E-state index in [4.69, 9.17) is 14.2 Å². The smallest absolute Gasteiger partial charge is 0.255 e. The van der Waals surface area contributed by atoms with Crippen LogP contribution in [0.15, 0.2) is 30.3 Å². The van der Waals surface area contributed by atoms with Gasteiger partial charge in [-0.1, -0.05) is 6.07 Å². The molecule has 29 heavy (non-hydrogen) atoms. The van der Waals surface area contributed by atoms with Gasteiger partial charge in [0.05, 0.1) is 27.6 Å². The fourth-order valence-corrected chi connectivity index (χ4v) is 4.10. The van der Waals surface area contributed by atoms with E-state index >= 15 is 0 Å². The van der Waals surface area contributed by atoms with Crippen LogP contribution in [0.4, 0.5) is 5.69 Å². The van der Waals surface area contributed by atoms with Crippen molar-refractivity contribution < 1.29 is 27.4 Å². The van der Waals surface area contributed by atoms with Crippen LogP contribution in [0.25, 0.3) is 0 Å². The van der Waals surface area contributed by atoms with Gasteiger partial charge in [0.25, 0.3) is 5.91 Å². The second-order valence-corrected chi connectivity index (χ2v) is 8.68. The highest BCUT2D eigenvalue weighted by atomic mass is 32.2. The molecule has 0 fully saturated rings. The summed E-state index contributed by atoms with van der Waals surface area (Å²) in [4.78, 5) is 12.8. The van der Waals surface area contributed by atoms with E-state index in [0.717, 1.165) is 11.1 Å². The van der Waals surface area contributed by atoms with Crippen molar-refractivity contribution in [2.75, 3.05) is 39.4 Å². The number of methoxy groups -OCH3 is 3. The fourth-order valence-electron chi connectivity index (χ4n) is 3.31. The van der Waals surface area contributed by atoms with Gasteiger partial charge in [0.1, 0.15) is 0 Å². The monoisotopic (exact) mass is 420 g/mol. The third-order valence-corrected chi connectivity index (χ3v) is 6.09. The molecule has 0 saturated carbocycles. The first kappa shape index (κ1) is 20.9. The number of ether oxygens (including phenoxy) is 3. The van der Waals surface area contributed by atoms with Crippen LogP contribution in [0, 0.1) is 0 Å². The molecule has 2 aromatic rings. The number of amides is 1. The number of hydrogen-bond acceptors (Lipinski definition) is 6. The number of fused-ring (bicyclic) bond motifs is 1. The van der Waals surface area contributed by atoms with Gasteiger partial charge in [-0.05, 0) is 41.8 Å². The van der Waals surface area contributed by atoms with Crippen LogP contribution in [-0.2, 0) is 23.0 Å². The van der Waals surface area contributed by atoms with Crippen LogP contribution < -0.4 is 19.5 Å². The number of benzene rings is 2. The fraction of sp³-hybridized carbons (Fsp3) is 0.350. The number of rotatable bonds is 6. The zero-order chi connectivity index (χ0) is 21.2. The Balaban J connectivity index is 1.85. The number of hydrogen-bond donors (Lipinski definition) is 1. The van der Waals surface area contributed by atoms with Gasteiger partial charge >= 0.3 is 0 Å². The lowest BCUT2D eigenvalue weighted by Crippen LogP contribution is -2.35. The minimum absolute atomic E-state index is 0.294. The van der Waals surface area contributed by atoms with Gasteiger partial charge < -0.3 is 19.5 Å². The molecule has 0 aromatic heterocycles. The predicted molar refractivity (Wildman–Crippen MR) is 109 cm³/mol. The molecule has 1 aliphatic rings. The molecule has 3 rings (SSSR count). The van der Waals surface area contributed by atoms with E-state index in [9.17, 15) is 13.2 Å². The van der Waals surface area contributed by atoms with E-state index in [0.29, 0.717) is 48.0 Å². The molecule has 1 N–H and O–H groups in total. The van der Waals surface area contributed by atoms with E-state index in [1.54, 1.807) is 12.1 Å². The van der Waals surface area contributed by atoms with Crippen molar-refractivity contribution in [3.05, 3.63) is 47.0 Å². The van der Waals surface area contributed by atoms with Crippen molar-refractivity contribution in [3.8, 4) is 17.2 Å². The number of carbonyl (C=O) groups is 1. The number of anilines is 1. The molecule has 1 aliphatic heterocycles. The lowest BCUT2D eigenvalue weighted by molar-refractivity contribution is 0.102. The van der Waals surface area contributed by atoms with E-state index in [1.165, 1.54) is 31.9 Å². The summed E-state index contributed by atoms with van der Waals surface area (Å²) in [6, 6.07) is 8.67. The second kappa shape index (κ2) is 8.30. The highest BCUT2D eigenvalue weighted by Gasteiger charge is 2.23. The maximum absolute atomic E-state index is 12.8. The summed E-state index contributed by atoms with van der Waals surface area (Å²) in [5, 5.41) is 2.84. The molecule has 0 bridgehead atoms. The molecule has 0 spiro atoms. The Morgan fingerprint density at radius 3 is 2.21 bits per heavy atom. The van der Waals surface area contributed by atoms with E-state index in [2.05, 4.69) is 5.32 Å². The predicted octanol–water partition coefficient (Wildman–Crippen LogP) is 2.28. The summed E-state index contributed by atoms with van der Waals surface area (Å²) in [7, 11) is 1.19. The van der Waals surface area contributed by atoms with Crippen LogP contribution in [0.3, 0.4) is 0 Å². The first-order valence-electron chi connectivity index (χ1n) is 8.95. The maximum Gasteiger partial charge on any atom is 0.255 e. The van der Waals surface area contributed by atoms with Gasteiger partial charge in [-0.25, -0.2) is 8.42 Å². The van der Waals surface area contributed by atoms with Gasteiger partial charge in [0.2, 0.25) is 15.8 Å². The first-order chi connectivity index (χ1) is 13.8. The lowest BCUT2D eigenvalue weighted by atomic mass is 10.0. The van der Waals surface area contributed by atoms with Crippen molar-refractivity contribution in [1.82, 2.24) is 4.31 Å². The molecule has 8 nitrogen and oxygen atoms in total. The third kappa shape index (κ3) is 4.46. The molecule has 0 unspecified atom stereocenters. The largest absolute Gasteiger partial charge is 0.493 e. The molecule has 0 saturated heterocycles. The van der Waals surface area contributed by atoms with Gasteiger partial charge in [-0.2, -0.15) is 4.31 Å². The van der Waals surface area contributed by atoms with Gasteiger partial charge in [0, 0.05) is 24.3 Å². The summed E-state index contributed by atoms with van der Waals surface area (Å²) in [6.07, 6.45) is 1.84. The molecule has 1 heterocycles. The molecule has 156 valence electrons. The van der Waals surface area contributed by atoms with Crippen LogP contribution in [0.1, 0.15) is 21.5 Å². The molecule has 9 heteroatoms. The average Bonchev–Trinajstić information content (AvgIpc) is 2.71. The topological polar surface area (TPSA) is 94.2 Å². The minimum Gasteiger partial charge on any atom is -0.493 e. The van der Waals surface area contributed by atoms with Crippen molar-refractivity contribution in [2.24, 2.45) is 0 Å². The van der Waals surface area contributed by atoms with Crippen molar-refractivity contribution in [3.63, 3.8) is 0 Å². The van der Waals surface area contributed by atoms with Crippen molar-refractivity contribution in [2.45, 2.75) is 13.0 Å². The average molecular weight is 420 g/mol. The van der Waals surface area contributed by atoms with Crippen LogP contribution in [-0.4, -0.2) is 52.8 Å². The molecule has 0 radical (unpaired) electrons. The molecule has 2 aromatic carbocycles. The molecular weight excluding hydrogens is 396 g/mol. The summed E-state index contributed by atoms with van der Waals surface area (Å²) < 4.78 is 41.0. The van der Waals surface area contributed by atoms with E-state index < -0.39 is 10.0 Å². The number of nitrogens with zero attached hydrogens (tertiary/aromatic N) is 1. The van der Waals surface area contributed by atoms with Gasteiger partial charge in [0.15, 0.2) is 11.5 Å². The first-order valence-corrected chi connectivity index (χ1v) is 10.8. The maximum atomic E-state index is 12.8. The summed E-state index contributed by atoms with van der Waals surface area (Å²) in [5.74, 6) is 0.818. The Labute approximate surface area is 170 Å². The summed E-state index contributed by atoms with van der Waals surface area (Å²) in [5.41, 5.74) is 2.88. The Hall–Kier alpha value is -2.78. The van der Waals surface area contributed by atoms with Gasteiger partial charge in [-0.15, -0.1) is 0 Å². The minimum atomic E-state index is -3.26. The third-order valence-electron chi connectivity index (χ3n) is 4.84. The van der Waals surface area contributed by atoms with Crippen LogP contribution in [0.5, 0.6) is 17.2 Å². The zero-order valence-electron chi connectivity index (χ0n) is 16.8. The van der Waals surface area contributed by atoms with Crippen molar-refractivity contribution in [1.29, 1.82) is 0 Å². The quantitative estimate of drug-likeness (QED) is 0.771. The molecule has 0 atom stereocenters. The SMILES string of the molecule is COc1cc(C(=O)Nc2ccc3c(c2)CN(S(C)(=O)=O)CC3)cc(OC)c1OC. The highest BCUT2D eigenvalue weighted by molar-refractivity contribution is 7.88. The van der Waals surface area contributed by atoms with Gasteiger partial charge in [-0.3, -0.25) is 4.79 Å². The Bertz CT molecular complexity index is 1010. The second-order valence-electron chi connectivity index (χ2n) is 6.70. The number of nitrogens with one attached hydrogen (secondary N) is 1. The van der Waals surface area contributed by atoms with Crippen molar-refractivity contribution >= 4 is 21.6 Å². The normalized spacial score (nSPS) is 14.1. The number of carbonyl (C=O) groups excluding carboxylic acids is 1. The van der Waals surface area contributed by atoms with Crippen LogP contribution in [0.2, 0.25) is 0 Å². The summed E-state index contributed by atoms with van der Waals surface area (Å²) in [6.45, 7) is 0.755. The van der Waals surface area contributed by atoms with E-state index in [1.807, 2.05) is 18.2 Å². The zero-order valence-corrected chi connectivity index (χ0v) is 17.6. The Morgan fingerprint density at radius 1 is 1.00 bits per heavy atom. The Morgan fingerprint density at radius 2 is 1.66 bits per heavy atom. The highest BCUT2D eigenvalue weighted by Crippen LogP contribution is 2.38. The van der Waals surface area contributed by atoms with E-state index in [-0.39, 0.29) is 5.91 Å². The Kier molecular flexibility index (Phi) is 5.99. The number of sulfonamides is 1. The summed E-state index contributed by atoms with van der Waals surface area (Å²) >= 11 is 0. The standard InChI is InChI=1S/C20H24N2O6S/c1-26-17-10-14(11-18(27-2)19(17)28-3)20(23)21-16-6-5-13-7-8-22(29(4,24)25)12-15(13)9-16/h5-6,9-11H,7-8,12H2,1-4H3,(H,21,23). The van der Waals surface area contributed by atoms with Crippen LogP contribution >= 0.6 is 0 Å².